The quantitative estimate of drug-likeness (QED) is 0.628. The summed E-state index contributed by atoms with van der Waals surface area (Å²) in [6.07, 6.45) is 7.07. The third kappa shape index (κ3) is 5.67. The van der Waals surface area contributed by atoms with E-state index in [1.165, 1.54) is 21.9 Å². The van der Waals surface area contributed by atoms with Crippen LogP contribution >= 0.6 is 23.5 Å². The maximum Gasteiger partial charge on any atom is 0.330 e. The number of thiophene rings is 1. The van der Waals surface area contributed by atoms with Crippen molar-refractivity contribution in [3.8, 4) is 0 Å². The molecule has 29 heavy (non-hydrogen) atoms. The monoisotopic (exact) mass is 436 g/mol. The molecule has 0 aliphatic carbocycles. The molecule has 7 nitrogen and oxygen atoms in total. The summed E-state index contributed by atoms with van der Waals surface area (Å²) in [5.41, 5.74) is 1.93. The van der Waals surface area contributed by atoms with Gasteiger partial charge in [-0.3, -0.25) is 13.7 Å². The van der Waals surface area contributed by atoms with E-state index in [9.17, 15) is 4.79 Å². The molecule has 2 amide bonds. The minimum Gasteiger partial charge on any atom is -0.306 e. The lowest BCUT2D eigenvalue weighted by atomic mass is 10.1. The molecule has 3 rings (SSSR count). The van der Waals surface area contributed by atoms with E-state index >= 15 is 0 Å². The molecule has 2 aromatic rings. The van der Waals surface area contributed by atoms with Gasteiger partial charge in [0.1, 0.15) is 0 Å². The number of rotatable bonds is 7. The summed E-state index contributed by atoms with van der Waals surface area (Å²) < 4.78 is 6.96. The van der Waals surface area contributed by atoms with Crippen LogP contribution in [0.25, 0.3) is 0 Å². The molecule has 1 unspecified atom stereocenters. The van der Waals surface area contributed by atoms with Crippen molar-refractivity contribution in [1.82, 2.24) is 19.4 Å². The minimum atomic E-state index is -0.199. The van der Waals surface area contributed by atoms with Crippen LogP contribution in [-0.4, -0.2) is 46.9 Å². The summed E-state index contributed by atoms with van der Waals surface area (Å²) in [7, 11) is 4.06. The molecule has 3 heterocycles. The Balaban J connectivity index is 1.67. The number of amides is 2. The lowest BCUT2D eigenvalue weighted by Crippen LogP contribution is -2.45. The number of carbonyl (C=O) groups excluding carboxylic acids is 1. The lowest BCUT2D eigenvalue weighted by Gasteiger charge is -2.37. The van der Waals surface area contributed by atoms with Crippen molar-refractivity contribution >= 4 is 40.9 Å². The summed E-state index contributed by atoms with van der Waals surface area (Å²) in [6, 6.07) is 2.22. The van der Waals surface area contributed by atoms with Crippen LogP contribution in [0.3, 0.4) is 0 Å². The molecule has 160 valence electrons. The number of aryl methyl sites for hydroxylation is 2. The highest BCUT2D eigenvalue weighted by molar-refractivity contribution is 7.99. The Labute approximate surface area is 182 Å². The van der Waals surface area contributed by atoms with Gasteiger partial charge in [0.05, 0.1) is 35.7 Å². The fourth-order valence-corrected chi connectivity index (χ4v) is 5.40. The van der Waals surface area contributed by atoms with Crippen molar-refractivity contribution in [3.63, 3.8) is 0 Å². The first-order chi connectivity index (χ1) is 13.9. The van der Waals surface area contributed by atoms with E-state index in [2.05, 4.69) is 58.2 Å². The molecule has 9 heteroatoms. The Bertz CT molecular complexity index is 818. The molecule has 0 aromatic carbocycles. The van der Waals surface area contributed by atoms with Gasteiger partial charge in [-0.25, -0.2) is 4.79 Å². The second-order valence-electron chi connectivity index (χ2n) is 7.90. The number of aromatic nitrogens is 2. The molecule has 1 aliphatic rings. The van der Waals surface area contributed by atoms with Crippen LogP contribution in [-0.2, 0) is 13.5 Å². The first-order valence-electron chi connectivity index (χ1n) is 10.2. The van der Waals surface area contributed by atoms with Gasteiger partial charge in [-0.05, 0) is 44.8 Å². The molecule has 0 saturated carbocycles. The third-order valence-corrected chi connectivity index (χ3v) is 7.61. The van der Waals surface area contributed by atoms with Crippen LogP contribution in [0, 0.1) is 0 Å². The van der Waals surface area contributed by atoms with Crippen LogP contribution < -0.4 is 14.3 Å². The third-order valence-electron chi connectivity index (χ3n) is 5.05. The smallest absolute Gasteiger partial charge is 0.306 e. The van der Waals surface area contributed by atoms with Gasteiger partial charge in [-0.1, -0.05) is 20.8 Å². The molecular formula is C20H32N6OS2. The molecule has 0 bridgehead atoms. The largest absolute Gasteiger partial charge is 0.330 e. The Hall–Kier alpha value is -1.71. The summed E-state index contributed by atoms with van der Waals surface area (Å²) in [6.45, 7) is 8.54. The number of carbonyl (C=O) groups is 1. The van der Waals surface area contributed by atoms with E-state index in [4.69, 9.17) is 0 Å². The van der Waals surface area contributed by atoms with Crippen molar-refractivity contribution in [2.24, 2.45) is 7.05 Å². The standard InChI is InChI=1S/C20H32N6OS2/c1-6-17-10-18(19(28-17)14(2)3)22-20(27)23-29-26(16-11-21-25(5)13-16)15-8-7-9-24(4)12-15/h10-11,13-15H,6-9,12H2,1-5H3,(H2,22,23,27). The fourth-order valence-electron chi connectivity index (χ4n) is 3.59. The fraction of sp³-hybridized carbons (Fsp3) is 0.600. The molecule has 1 aliphatic heterocycles. The van der Waals surface area contributed by atoms with Gasteiger partial charge in [-0.2, -0.15) is 5.10 Å². The Kier molecular flexibility index (Phi) is 7.48. The molecule has 0 spiro atoms. The van der Waals surface area contributed by atoms with E-state index in [0.717, 1.165) is 43.7 Å². The van der Waals surface area contributed by atoms with E-state index in [-0.39, 0.29) is 6.03 Å². The van der Waals surface area contributed by atoms with Crippen LogP contribution in [0.5, 0.6) is 0 Å². The predicted molar refractivity (Wildman–Crippen MR) is 124 cm³/mol. The minimum absolute atomic E-state index is 0.199. The summed E-state index contributed by atoms with van der Waals surface area (Å²) >= 11 is 3.13. The van der Waals surface area contributed by atoms with Crippen molar-refractivity contribution in [2.75, 3.05) is 29.8 Å². The van der Waals surface area contributed by atoms with Crippen LogP contribution in [0.4, 0.5) is 16.2 Å². The topological polar surface area (TPSA) is 65.4 Å². The Morgan fingerprint density at radius 1 is 1.45 bits per heavy atom. The van der Waals surface area contributed by atoms with Crippen molar-refractivity contribution in [1.29, 1.82) is 0 Å². The molecule has 2 aromatic heterocycles. The summed E-state index contributed by atoms with van der Waals surface area (Å²) in [5, 5.41) is 7.36. The summed E-state index contributed by atoms with van der Waals surface area (Å²) in [5.74, 6) is 0.382. The van der Waals surface area contributed by atoms with Gasteiger partial charge in [0.2, 0.25) is 0 Å². The molecule has 1 fully saturated rings. The zero-order chi connectivity index (χ0) is 21.0. The summed E-state index contributed by atoms with van der Waals surface area (Å²) in [4.78, 5) is 17.5. The van der Waals surface area contributed by atoms with Crippen molar-refractivity contribution in [2.45, 2.75) is 52.0 Å². The zero-order valence-corrected chi connectivity index (χ0v) is 19.6. The average Bonchev–Trinajstić information content (AvgIpc) is 3.28. The van der Waals surface area contributed by atoms with Crippen LogP contribution in [0.15, 0.2) is 18.5 Å². The second kappa shape index (κ2) is 9.86. The Morgan fingerprint density at radius 3 is 2.86 bits per heavy atom. The van der Waals surface area contributed by atoms with Crippen LogP contribution in [0.1, 0.15) is 49.3 Å². The van der Waals surface area contributed by atoms with Crippen molar-refractivity contribution in [3.05, 3.63) is 28.2 Å². The first kappa shape index (κ1) is 22.0. The number of hydrogen-bond donors (Lipinski definition) is 2. The maximum atomic E-state index is 12.7. The first-order valence-corrected chi connectivity index (χ1v) is 11.8. The van der Waals surface area contributed by atoms with Gasteiger partial charge in [0.15, 0.2) is 0 Å². The molecule has 1 atom stereocenters. The average molecular weight is 437 g/mol. The number of likely N-dealkylation sites (N-methyl/N-ethyl adjacent to an activating group) is 1. The number of piperidine rings is 1. The normalized spacial score (nSPS) is 17.5. The number of hydrogen-bond acceptors (Lipinski definition) is 6. The predicted octanol–water partition coefficient (Wildman–Crippen LogP) is 4.45. The highest BCUT2D eigenvalue weighted by atomic mass is 32.2. The number of urea groups is 1. The number of nitrogens with one attached hydrogen (secondary N) is 2. The van der Waals surface area contributed by atoms with Gasteiger partial charge in [0, 0.05) is 29.5 Å². The SMILES string of the molecule is CCc1cc(NC(=O)NSN(c2cnn(C)c2)C2CCCN(C)C2)c(C(C)C)s1. The molecular weight excluding hydrogens is 404 g/mol. The lowest BCUT2D eigenvalue weighted by molar-refractivity contribution is 0.253. The zero-order valence-electron chi connectivity index (χ0n) is 17.9. The maximum absolute atomic E-state index is 12.7. The highest BCUT2D eigenvalue weighted by Gasteiger charge is 2.26. The van der Waals surface area contributed by atoms with Gasteiger partial charge >= 0.3 is 6.03 Å². The van der Waals surface area contributed by atoms with E-state index < -0.39 is 0 Å². The second-order valence-corrected chi connectivity index (χ2v) is 9.85. The van der Waals surface area contributed by atoms with Gasteiger partial charge in [-0.15, -0.1) is 11.3 Å². The number of likely N-dealkylation sites (tertiary alicyclic amines) is 1. The van der Waals surface area contributed by atoms with Crippen LogP contribution in [0.2, 0.25) is 0 Å². The molecule has 0 radical (unpaired) electrons. The Morgan fingerprint density at radius 2 is 2.24 bits per heavy atom. The van der Waals surface area contributed by atoms with Crippen molar-refractivity contribution < 1.29 is 4.79 Å². The number of anilines is 2. The highest BCUT2D eigenvalue weighted by Crippen LogP contribution is 2.34. The van der Waals surface area contributed by atoms with E-state index in [1.807, 2.05) is 19.4 Å². The van der Waals surface area contributed by atoms with Gasteiger partial charge in [0.25, 0.3) is 0 Å². The number of nitrogens with zero attached hydrogens (tertiary/aromatic N) is 4. The van der Waals surface area contributed by atoms with Gasteiger partial charge < -0.3 is 10.2 Å². The van der Waals surface area contributed by atoms with E-state index in [0.29, 0.717) is 12.0 Å². The van der Waals surface area contributed by atoms with E-state index in [1.54, 1.807) is 16.0 Å². The molecule has 1 saturated heterocycles. The molecule has 2 N–H and O–H groups in total.